The van der Waals surface area contributed by atoms with E-state index in [9.17, 15) is 14.4 Å². The maximum Gasteiger partial charge on any atom is 0.348 e. The predicted octanol–water partition coefficient (Wildman–Crippen LogP) is 3.36. The highest BCUT2D eigenvalue weighted by Crippen LogP contribution is 2.34. The Morgan fingerprint density at radius 3 is 2.89 bits per heavy atom. The maximum atomic E-state index is 12.5. The number of hydrogen-bond acceptors (Lipinski definition) is 6. The number of ether oxygens (including phenoxy) is 2. The molecule has 1 aliphatic heterocycles. The van der Waals surface area contributed by atoms with Gasteiger partial charge < -0.3 is 14.8 Å². The van der Waals surface area contributed by atoms with E-state index in [1.807, 2.05) is 0 Å². The van der Waals surface area contributed by atoms with Crippen LogP contribution in [0.3, 0.4) is 0 Å². The quantitative estimate of drug-likeness (QED) is 0.702. The van der Waals surface area contributed by atoms with Crippen molar-refractivity contribution in [1.29, 1.82) is 0 Å². The second-order valence-electron chi connectivity index (χ2n) is 5.77. The van der Waals surface area contributed by atoms with E-state index < -0.39 is 5.97 Å². The first kappa shape index (κ1) is 19.4. The zero-order chi connectivity index (χ0) is 19.6. The maximum absolute atomic E-state index is 12.5. The predicted molar refractivity (Wildman–Crippen MR) is 106 cm³/mol. The van der Waals surface area contributed by atoms with Crippen LogP contribution in [-0.2, 0) is 14.3 Å². The molecule has 0 bridgehead atoms. The van der Waals surface area contributed by atoms with Gasteiger partial charge >= 0.3 is 5.97 Å². The fourth-order valence-corrected chi connectivity index (χ4v) is 3.94. The molecule has 0 spiro atoms. The SMILES string of the molecule is CCOC(=O)c1sc(NC(=O)CN2C(=O)COc3cc(Br)ccc32)cc1C. The minimum absolute atomic E-state index is 0.123. The number of rotatable bonds is 5. The molecular weight excluding hydrogens is 436 g/mol. The minimum Gasteiger partial charge on any atom is -0.482 e. The lowest BCUT2D eigenvalue weighted by molar-refractivity contribution is -0.123. The van der Waals surface area contributed by atoms with Gasteiger partial charge in [-0.1, -0.05) is 15.9 Å². The highest BCUT2D eigenvalue weighted by Gasteiger charge is 2.27. The highest BCUT2D eigenvalue weighted by atomic mass is 79.9. The van der Waals surface area contributed by atoms with E-state index in [2.05, 4.69) is 21.2 Å². The van der Waals surface area contributed by atoms with Gasteiger partial charge in [0.25, 0.3) is 5.91 Å². The van der Waals surface area contributed by atoms with E-state index in [4.69, 9.17) is 9.47 Å². The number of nitrogens with zero attached hydrogens (tertiary/aromatic N) is 1. The Kier molecular flexibility index (Phi) is 5.81. The Morgan fingerprint density at radius 1 is 1.37 bits per heavy atom. The largest absolute Gasteiger partial charge is 0.482 e. The number of halogens is 1. The molecule has 3 rings (SSSR count). The van der Waals surface area contributed by atoms with Crippen molar-refractivity contribution in [2.24, 2.45) is 0 Å². The lowest BCUT2D eigenvalue weighted by Crippen LogP contribution is -2.43. The standard InChI is InChI=1S/C18H17BrN2O5S/c1-3-25-18(24)17-10(2)6-15(27-17)20-14(22)8-21-12-5-4-11(19)7-13(12)26-9-16(21)23/h4-7H,3,8-9H2,1-2H3,(H,20,22). The van der Waals surface area contributed by atoms with Crippen LogP contribution >= 0.6 is 27.3 Å². The average molecular weight is 453 g/mol. The molecule has 2 heterocycles. The van der Waals surface area contributed by atoms with Gasteiger partial charge in [-0.15, -0.1) is 11.3 Å². The third kappa shape index (κ3) is 4.30. The van der Waals surface area contributed by atoms with Crippen molar-refractivity contribution in [2.75, 3.05) is 30.0 Å². The van der Waals surface area contributed by atoms with E-state index >= 15 is 0 Å². The van der Waals surface area contributed by atoms with E-state index in [1.54, 1.807) is 38.1 Å². The summed E-state index contributed by atoms with van der Waals surface area (Å²) in [5.74, 6) is -0.540. The summed E-state index contributed by atoms with van der Waals surface area (Å²) >= 11 is 4.50. The topological polar surface area (TPSA) is 84.9 Å². The summed E-state index contributed by atoms with van der Waals surface area (Å²) in [6, 6.07) is 6.96. The number of hydrogen-bond donors (Lipinski definition) is 1. The number of esters is 1. The number of benzene rings is 1. The molecule has 0 saturated heterocycles. The Bertz CT molecular complexity index is 911. The summed E-state index contributed by atoms with van der Waals surface area (Å²) in [6.45, 7) is 3.52. The van der Waals surface area contributed by atoms with Crippen molar-refractivity contribution >= 4 is 55.7 Å². The van der Waals surface area contributed by atoms with Gasteiger partial charge in [0.05, 0.1) is 17.3 Å². The van der Waals surface area contributed by atoms with Crippen molar-refractivity contribution in [3.8, 4) is 5.75 Å². The van der Waals surface area contributed by atoms with Gasteiger partial charge in [-0.2, -0.15) is 0 Å². The highest BCUT2D eigenvalue weighted by molar-refractivity contribution is 9.10. The second kappa shape index (κ2) is 8.10. The number of aryl methyl sites for hydroxylation is 1. The number of carbonyl (C=O) groups excluding carboxylic acids is 3. The zero-order valence-electron chi connectivity index (χ0n) is 14.7. The van der Waals surface area contributed by atoms with Gasteiger partial charge in [-0.05, 0) is 43.7 Å². The first-order chi connectivity index (χ1) is 12.9. The molecule has 0 unspecified atom stereocenters. The van der Waals surface area contributed by atoms with E-state index in [0.717, 1.165) is 21.4 Å². The lowest BCUT2D eigenvalue weighted by atomic mass is 10.2. The molecule has 2 amide bonds. The molecule has 0 radical (unpaired) electrons. The van der Waals surface area contributed by atoms with Gasteiger partial charge in [0.15, 0.2) is 6.61 Å². The van der Waals surface area contributed by atoms with Gasteiger partial charge in [-0.3, -0.25) is 14.5 Å². The van der Waals surface area contributed by atoms with Crippen LogP contribution in [0.25, 0.3) is 0 Å². The molecule has 0 fully saturated rings. The molecule has 9 heteroatoms. The van der Waals surface area contributed by atoms with Crippen molar-refractivity contribution in [3.63, 3.8) is 0 Å². The number of nitrogens with one attached hydrogen (secondary N) is 1. The summed E-state index contributed by atoms with van der Waals surface area (Å²) in [5, 5.41) is 3.26. The van der Waals surface area contributed by atoms with Gasteiger partial charge in [0, 0.05) is 4.47 Å². The third-order valence-electron chi connectivity index (χ3n) is 3.81. The summed E-state index contributed by atoms with van der Waals surface area (Å²) in [4.78, 5) is 38.4. The van der Waals surface area contributed by atoms with Crippen molar-refractivity contribution in [3.05, 3.63) is 39.2 Å². The Morgan fingerprint density at radius 2 is 2.15 bits per heavy atom. The van der Waals surface area contributed by atoms with Crippen LogP contribution in [0.2, 0.25) is 0 Å². The van der Waals surface area contributed by atoms with E-state index in [1.165, 1.54) is 4.90 Å². The molecule has 0 saturated carbocycles. The molecule has 1 N–H and O–H groups in total. The molecule has 7 nitrogen and oxygen atoms in total. The normalized spacial score (nSPS) is 13.0. The van der Waals surface area contributed by atoms with Crippen LogP contribution in [0, 0.1) is 6.92 Å². The zero-order valence-corrected chi connectivity index (χ0v) is 17.1. The summed E-state index contributed by atoms with van der Waals surface area (Å²) in [7, 11) is 0. The van der Waals surface area contributed by atoms with Gasteiger partial charge in [0.1, 0.15) is 17.2 Å². The lowest BCUT2D eigenvalue weighted by Gasteiger charge is -2.28. The fraction of sp³-hybridized carbons (Fsp3) is 0.278. The monoisotopic (exact) mass is 452 g/mol. The number of carbonyl (C=O) groups is 3. The third-order valence-corrected chi connectivity index (χ3v) is 5.43. The van der Waals surface area contributed by atoms with Crippen molar-refractivity contribution < 1.29 is 23.9 Å². The van der Waals surface area contributed by atoms with E-state index in [-0.39, 0.29) is 31.6 Å². The first-order valence-corrected chi connectivity index (χ1v) is 9.80. The minimum atomic E-state index is -0.414. The Labute approximate surface area is 168 Å². The van der Waals surface area contributed by atoms with Crippen LogP contribution in [0.4, 0.5) is 10.7 Å². The van der Waals surface area contributed by atoms with Crippen LogP contribution in [0.5, 0.6) is 5.75 Å². The van der Waals surface area contributed by atoms with Gasteiger partial charge in [0.2, 0.25) is 5.91 Å². The molecule has 0 atom stereocenters. The first-order valence-electron chi connectivity index (χ1n) is 8.19. The van der Waals surface area contributed by atoms with Crippen LogP contribution in [0.15, 0.2) is 28.7 Å². The summed E-state index contributed by atoms with van der Waals surface area (Å²) in [6.07, 6.45) is 0. The van der Waals surface area contributed by atoms with Crippen LogP contribution in [0.1, 0.15) is 22.2 Å². The molecular formula is C18H17BrN2O5S. The fourth-order valence-electron chi connectivity index (χ4n) is 2.62. The molecule has 2 aromatic rings. The molecule has 1 aliphatic rings. The number of fused-ring (bicyclic) bond motifs is 1. The van der Waals surface area contributed by atoms with Gasteiger partial charge in [-0.25, -0.2) is 4.79 Å². The van der Waals surface area contributed by atoms with Crippen LogP contribution in [-0.4, -0.2) is 37.5 Å². The number of anilines is 2. The molecule has 142 valence electrons. The number of amides is 2. The molecule has 27 heavy (non-hydrogen) atoms. The molecule has 1 aromatic heterocycles. The smallest absolute Gasteiger partial charge is 0.348 e. The van der Waals surface area contributed by atoms with Crippen molar-refractivity contribution in [2.45, 2.75) is 13.8 Å². The van der Waals surface area contributed by atoms with E-state index in [0.29, 0.717) is 21.3 Å². The Balaban J connectivity index is 1.72. The molecule has 1 aromatic carbocycles. The summed E-state index contributed by atoms with van der Waals surface area (Å²) < 4.78 is 11.2. The average Bonchev–Trinajstić information content (AvgIpc) is 2.98. The van der Waals surface area contributed by atoms with Crippen LogP contribution < -0.4 is 15.0 Å². The van der Waals surface area contributed by atoms with Crippen molar-refractivity contribution in [1.82, 2.24) is 0 Å². The summed E-state index contributed by atoms with van der Waals surface area (Å²) in [5.41, 5.74) is 1.27. The second-order valence-corrected chi connectivity index (χ2v) is 7.74. The number of thiophene rings is 1. The molecule has 0 aliphatic carbocycles. The Hall–Kier alpha value is -2.39.